The quantitative estimate of drug-likeness (QED) is 0.0619. The fourth-order valence-electron chi connectivity index (χ4n) is 2.33. The highest BCUT2D eigenvalue weighted by atomic mass is 16.5. The third-order valence-corrected chi connectivity index (χ3v) is 4.22. The fourth-order valence-corrected chi connectivity index (χ4v) is 2.33. The molecule has 0 saturated carbocycles. The van der Waals surface area contributed by atoms with E-state index in [1.165, 1.54) is 27.7 Å². The molecule has 7 atom stereocenters. The van der Waals surface area contributed by atoms with Crippen LogP contribution in [0.3, 0.4) is 0 Å². The summed E-state index contributed by atoms with van der Waals surface area (Å²) in [4.78, 5) is 81.9. The molecule has 34 heavy (non-hydrogen) atoms. The van der Waals surface area contributed by atoms with Gasteiger partial charge in [0.1, 0.15) is 31.1 Å². The van der Waals surface area contributed by atoms with Gasteiger partial charge in [-0.15, -0.1) is 0 Å². The van der Waals surface area contributed by atoms with E-state index in [1.807, 2.05) is 0 Å². The van der Waals surface area contributed by atoms with Crippen molar-refractivity contribution in [2.24, 2.45) is 5.73 Å². The van der Waals surface area contributed by atoms with E-state index >= 15 is 0 Å². The Hall–Kier alpha value is -3.27. The summed E-state index contributed by atoms with van der Waals surface area (Å²) in [6.07, 6.45) is -2.68. The molecule has 0 radical (unpaired) electrons. The first-order chi connectivity index (χ1) is 15.9. The lowest BCUT2D eigenvalue weighted by atomic mass is 10.2. The van der Waals surface area contributed by atoms with Crippen molar-refractivity contribution >= 4 is 42.5 Å². The van der Waals surface area contributed by atoms with Crippen LogP contribution in [-0.4, -0.2) is 92.3 Å². The number of aldehydes is 3. The van der Waals surface area contributed by atoms with Crippen LogP contribution in [-0.2, 0) is 38.3 Å². The van der Waals surface area contributed by atoms with Crippen molar-refractivity contribution in [3.05, 3.63) is 0 Å². The molecule has 0 heterocycles. The lowest BCUT2D eigenvalue weighted by Gasteiger charge is -2.26. The van der Waals surface area contributed by atoms with Crippen LogP contribution in [0.2, 0.25) is 0 Å². The molecule has 0 aliphatic rings. The van der Waals surface area contributed by atoms with Crippen LogP contribution in [0.5, 0.6) is 0 Å². The van der Waals surface area contributed by atoms with Crippen LogP contribution >= 0.6 is 0 Å². The molecule has 0 aliphatic carbocycles. The molecule has 0 aliphatic heterocycles. The van der Waals surface area contributed by atoms with Crippen LogP contribution in [0.15, 0.2) is 0 Å². The molecular formula is C19H33N7O8. The number of hydrogen-bond donors (Lipinski definition) is 7. The number of carbonyl (C=O) groups is 7. The van der Waals surface area contributed by atoms with E-state index in [0.717, 1.165) is 7.11 Å². The van der Waals surface area contributed by atoms with Crippen LogP contribution < -0.4 is 37.6 Å². The highest BCUT2D eigenvalue weighted by molar-refractivity contribution is 5.94. The molecule has 8 N–H and O–H groups in total. The van der Waals surface area contributed by atoms with Crippen LogP contribution in [0.4, 0.5) is 0 Å². The maximum absolute atomic E-state index is 12.7. The zero-order chi connectivity index (χ0) is 26.4. The number of methoxy groups -OCH3 is 1. The van der Waals surface area contributed by atoms with Crippen LogP contribution in [0.25, 0.3) is 0 Å². The molecule has 0 unspecified atom stereocenters. The van der Waals surface area contributed by atoms with Gasteiger partial charge in [0.2, 0.25) is 5.91 Å². The average molecular weight is 488 g/mol. The molecule has 0 saturated heterocycles. The van der Waals surface area contributed by atoms with E-state index < -0.39 is 66.4 Å². The third-order valence-electron chi connectivity index (χ3n) is 4.22. The normalized spacial score (nSPS) is 16.9. The largest absolute Gasteiger partial charge is 0.466 e. The van der Waals surface area contributed by atoms with Crippen molar-refractivity contribution < 1.29 is 38.3 Å². The molecule has 0 bridgehead atoms. The van der Waals surface area contributed by atoms with Gasteiger partial charge in [0.25, 0.3) is 11.8 Å². The van der Waals surface area contributed by atoms with E-state index in [9.17, 15) is 33.6 Å². The first-order valence-electron chi connectivity index (χ1n) is 10.3. The van der Waals surface area contributed by atoms with Crippen LogP contribution in [0, 0.1) is 0 Å². The second-order valence-corrected chi connectivity index (χ2v) is 7.39. The Balaban J connectivity index is 5.31. The molecule has 0 fully saturated rings. The first-order valence-corrected chi connectivity index (χ1v) is 10.3. The van der Waals surface area contributed by atoms with Crippen LogP contribution in [0.1, 0.15) is 27.7 Å². The minimum atomic E-state index is -1.48. The number of hydrogen-bond acceptors (Lipinski definition) is 12. The maximum atomic E-state index is 12.7. The Kier molecular flexibility index (Phi) is 14.1. The van der Waals surface area contributed by atoms with Gasteiger partial charge < -0.3 is 40.8 Å². The van der Waals surface area contributed by atoms with Crippen molar-refractivity contribution in [2.45, 2.75) is 70.4 Å². The topological polar surface area (TPSA) is 227 Å². The van der Waals surface area contributed by atoms with E-state index in [4.69, 9.17) is 5.73 Å². The molecule has 3 amide bonds. The fraction of sp³-hybridized carbons (Fsp3) is 0.632. The number of carbonyl (C=O) groups excluding carboxylic acids is 7. The minimum Gasteiger partial charge on any atom is -0.466 e. The second kappa shape index (κ2) is 15.5. The number of nitrogens with one attached hydrogen (secondary N) is 6. The Morgan fingerprint density at radius 2 is 1.12 bits per heavy atom. The summed E-state index contributed by atoms with van der Waals surface area (Å²) in [6.45, 7) is 5.63. The van der Waals surface area contributed by atoms with E-state index in [-0.39, 0.29) is 0 Å². The maximum Gasteiger partial charge on any atom is 0.343 e. The first kappa shape index (κ1) is 30.7. The average Bonchev–Trinajstić information content (AvgIpc) is 2.81. The summed E-state index contributed by atoms with van der Waals surface area (Å²) < 4.78 is 4.57. The smallest absolute Gasteiger partial charge is 0.343 e. The number of rotatable bonds is 16. The second-order valence-electron chi connectivity index (χ2n) is 7.39. The molecule has 0 spiro atoms. The minimum absolute atomic E-state index is 0.482. The number of esters is 1. The lowest BCUT2D eigenvalue weighted by Crippen LogP contribution is -2.64. The Morgan fingerprint density at radius 1 is 0.676 bits per heavy atom. The number of nitrogens with two attached hydrogens (primary N) is 1. The zero-order valence-electron chi connectivity index (χ0n) is 19.6. The molecule has 0 aromatic carbocycles. The lowest BCUT2D eigenvalue weighted by molar-refractivity contribution is -0.146. The summed E-state index contributed by atoms with van der Waals surface area (Å²) in [5.41, 5.74) is 5.65. The summed E-state index contributed by atoms with van der Waals surface area (Å²) in [7, 11) is 1.09. The molecule has 0 aromatic heterocycles. The van der Waals surface area contributed by atoms with Gasteiger partial charge in [-0.1, -0.05) is 0 Å². The highest BCUT2D eigenvalue weighted by Crippen LogP contribution is 1.93. The highest BCUT2D eigenvalue weighted by Gasteiger charge is 2.30. The van der Waals surface area contributed by atoms with Crippen molar-refractivity contribution in [3.63, 3.8) is 0 Å². The molecule has 192 valence electrons. The van der Waals surface area contributed by atoms with Gasteiger partial charge in [-0.2, -0.15) is 0 Å². The SMILES string of the molecule is COC(=O)[C@@H](NC(=O)[C@H](C)NC(=O)[C@@H](NC(=O)[C@@H](N)N[C@@H](C)C=O)N[C@@H](C)C=O)N[C@@H](C)C=O. The number of ether oxygens (including phenoxy) is 1. The van der Waals surface area contributed by atoms with Gasteiger partial charge >= 0.3 is 5.97 Å². The van der Waals surface area contributed by atoms with Crippen molar-refractivity contribution in [1.29, 1.82) is 0 Å². The monoisotopic (exact) mass is 487 g/mol. The summed E-state index contributed by atoms with van der Waals surface area (Å²) in [5.74, 6) is -3.46. The molecule has 15 heteroatoms. The van der Waals surface area contributed by atoms with Gasteiger partial charge in [-0.05, 0) is 27.7 Å². The van der Waals surface area contributed by atoms with Crippen molar-refractivity contribution in [1.82, 2.24) is 31.9 Å². The van der Waals surface area contributed by atoms with Crippen molar-refractivity contribution in [3.8, 4) is 0 Å². The number of amides is 3. The van der Waals surface area contributed by atoms with Gasteiger partial charge in [-0.25, -0.2) is 4.79 Å². The third kappa shape index (κ3) is 11.0. The van der Waals surface area contributed by atoms with Crippen molar-refractivity contribution in [2.75, 3.05) is 7.11 Å². The van der Waals surface area contributed by atoms with E-state index in [0.29, 0.717) is 18.9 Å². The van der Waals surface area contributed by atoms with Gasteiger partial charge in [0.15, 0.2) is 12.3 Å². The zero-order valence-corrected chi connectivity index (χ0v) is 19.6. The van der Waals surface area contributed by atoms with Gasteiger partial charge in [0, 0.05) is 0 Å². The standard InChI is InChI=1S/C19H33N7O8/c1-9(6-27)21-13(20)17(31)25-14(22-10(2)7-28)18(32)24-12(4)16(30)26-15(19(33)34-5)23-11(3)8-29/h6-15,21-23H,20H2,1-5H3,(H,24,32)(H,25,31)(H,26,30)/t9-,10-,11-,12-,13-,14+,15+/m0/s1. The Morgan fingerprint density at radius 3 is 1.59 bits per heavy atom. The summed E-state index contributed by atoms with van der Waals surface area (Å²) in [6, 6.07) is -3.61. The van der Waals surface area contributed by atoms with Gasteiger partial charge in [0.05, 0.1) is 25.2 Å². The summed E-state index contributed by atoms with van der Waals surface area (Å²) in [5, 5.41) is 14.5. The molecule has 0 rings (SSSR count). The molecule has 0 aromatic rings. The predicted molar refractivity (Wildman–Crippen MR) is 117 cm³/mol. The Bertz CT molecular complexity index is 750. The Labute approximate surface area is 196 Å². The van der Waals surface area contributed by atoms with E-state index in [1.54, 1.807) is 0 Å². The summed E-state index contributed by atoms with van der Waals surface area (Å²) >= 11 is 0. The molecule has 15 nitrogen and oxygen atoms in total. The van der Waals surface area contributed by atoms with Gasteiger partial charge in [-0.3, -0.25) is 30.3 Å². The van der Waals surface area contributed by atoms with E-state index in [2.05, 4.69) is 36.6 Å². The molecular weight excluding hydrogens is 454 g/mol. The predicted octanol–water partition coefficient (Wildman–Crippen LogP) is -4.64.